The largest absolute Gasteiger partial charge is 0.455 e. The molecule has 88 heavy (non-hydrogen) atoms. The molecule has 2 saturated carbocycles. The van der Waals surface area contributed by atoms with Gasteiger partial charge in [-0.2, -0.15) is 0 Å². The first-order valence-electron chi connectivity index (χ1n) is 33.1. The number of Topliss-reactive ketones (excluding diaryl/α,β-unsaturated/α-hetero) is 1. The molecule has 2 aliphatic heterocycles. The number of carbonyl (C=O) groups is 3. The first kappa shape index (κ1) is 72.8. The summed E-state index contributed by atoms with van der Waals surface area (Å²) in [6.45, 7) is 62.4. The molecule has 4 aromatic heterocycles. The molecule has 2 saturated heterocycles. The minimum Gasteiger partial charge on any atom is -0.444 e. The van der Waals surface area contributed by atoms with Gasteiger partial charge in [0.25, 0.3) is 0 Å². The third kappa shape index (κ3) is 14.8. The zero-order valence-electron chi connectivity index (χ0n) is 60.0. The average Bonchev–Trinajstić information content (AvgIpc) is 1.49. The van der Waals surface area contributed by atoms with Crippen LogP contribution >= 0.6 is 0 Å². The lowest BCUT2D eigenvalue weighted by Gasteiger charge is -2.44. The second kappa shape index (κ2) is 26.8. The standard InChI is InChI=1S/C29H47N3O2Si.C27H43N3O3Si.C13H26B2O4/c1-12-24(22-15-23(16-22)31-28(33)34-29(9,10)11)26-21(8)17-30-27-25(26)13-14-32(27)35(18(2)3,19(4)5)20(6)7;1-16(2)34(17(3)4,18(5)6)30-12-11-22-23(19(7)15-28-25(22)30)24(31)20-13-21(14-20)29-26(32)33-27(8,9)10;1-10(2)11(3,4)17-14(16-10)9-15-18-12(5,6)13(7,8)19-15/h12-14,17-20,22-23H,15-16H2,1-11H3,(H,31,33);11-12,15-18,20-21H,13-14H2,1-10H3,(H,29,32);9H2,1-8H3/b24-12-;;. The van der Waals surface area contributed by atoms with Gasteiger partial charge in [0.05, 0.1) is 22.4 Å². The van der Waals surface area contributed by atoms with Crippen LogP contribution in [0.25, 0.3) is 27.6 Å². The molecule has 0 radical (unpaired) electrons. The van der Waals surface area contributed by atoms with Crippen molar-refractivity contribution in [3.05, 3.63) is 65.2 Å². The van der Waals surface area contributed by atoms with Gasteiger partial charge in [-0.15, -0.1) is 0 Å². The van der Waals surface area contributed by atoms with E-state index in [2.05, 4.69) is 208 Å². The summed E-state index contributed by atoms with van der Waals surface area (Å²) in [5, 5.41) is 8.17. The van der Waals surface area contributed by atoms with E-state index in [-0.39, 0.29) is 66.5 Å². The number of amides is 2. The maximum atomic E-state index is 13.6. The molecule has 8 rings (SSSR count). The lowest BCUT2D eigenvalue weighted by Crippen LogP contribution is -2.51. The van der Waals surface area contributed by atoms with E-state index in [1.807, 2.05) is 54.7 Å². The Morgan fingerprint density at radius 2 is 0.875 bits per heavy atom. The van der Waals surface area contributed by atoms with Gasteiger partial charge in [-0.25, -0.2) is 19.6 Å². The van der Waals surface area contributed by atoms with Crippen molar-refractivity contribution in [2.75, 3.05) is 0 Å². The summed E-state index contributed by atoms with van der Waals surface area (Å²) in [5.41, 5.74) is 8.94. The first-order valence-corrected chi connectivity index (χ1v) is 37.5. The number of rotatable bonds is 16. The fourth-order valence-corrected chi connectivity index (χ4v) is 28.4. The fraction of sp³-hybridized carbons (Fsp3) is 0.725. The smallest absolute Gasteiger partial charge is 0.444 e. The maximum absolute atomic E-state index is 13.6. The van der Waals surface area contributed by atoms with Crippen LogP contribution in [0.15, 0.2) is 43.0 Å². The number of allylic oxidation sites excluding steroid dienone is 2. The van der Waals surface area contributed by atoms with Crippen LogP contribution in [0.3, 0.4) is 0 Å². The predicted molar refractivity (Wildman–Crippen MR) is 369 cm³/mol. The van der Waals surface area contributed by atoms with E-state index < -0.39 is 33.8 Å². The van der Waals surface area contributed by atoms with Crippen LogP contribution in [0.1, 0.15) is 240 Å². The van der Waals surface area contributed by atoms with Crippen LogP contribution in [0, 0.1) is 25.7 Å². The molecular weight excluding hydrogens is 1130 g/mol. The van der Waals surface area contributed by atoms with Crippen LogP contribution in [0.2, 0.25) is 39.5 Å². The number of hydrogen-bond donors (Lipinski definition) is 2. The molecule has 0 bridgehead atoms. The van der Waals surface area contributed by atoms with Crippen molar-refractivity contribution in [1.29, 1.82) is 0 Å². The molecule has 4 aliphatic rings. The normalized spacial score (nSPS) is 21.8. The van der Waals surface area contributed by atoms with Gasteiger partial charge in [0.2, 0.25) is 0 Å². The molecule has 19 heteroatoms. The van der Waals surface area contributed by atoms with Gasteiger partial charge in [-0.3, -0.25) is 4.79 Å². The van der Waals surface area contributed by atoms with E-state index in [1.54, 1.807) is 0 Å². The Balaban J connectivity index is 0.000000220. The molecular formula is C69H116B2N6O9Si2. The molecule has 4 fully saturated rings. The highest BCUT2D eigenvalue weighted by Crippen LogP contribution is 2.49. The molecule has 0 atom stereocenters. The van der Waals surface area contributed by atoms with Crippen molar-refractivity contribution in [3.8, 4) is 0 Å². The van der Waals surface area contributed by atoms with Gasteiger partial charge in [-0.1, -0.05) is 89.2 Å². The summed E-state index contributed by atoms with van der Waals surface area (Å²) in [7, 11) is -4.43. The fourth-order valence-electron chi connectivity index (χ4n) is 15.3. The van der Waals surface area contributed by atoms with Gasteiger partial charge in [0, 0.05) is 53.0 Å². The van der Waals surface area contributed by atoms with Gasteiger partial charge < -0.3 is 47.2 Å². The van der Waals surface area contributed by atoms with Gasteiger partial charge in [0.1, 0.15) is 22.5 Å². The number of pyridine rings is 2. The van der Waals surface area contributed by atoms with Crippen molar-refractivity contribution in [3.63, 3.8) is 0 Å². The highest BCUT2D eigenvalue weighted by molar-refractivity contribution is 6.83. The quantitative estimate of drug-likeness (QED) is 0.0810. The molecule has 15 nitrogen and oxygen atoms in total. The highest BCUT2D eigenvalue weighted by Gasteiger charge is 2.57. The Bertz CT molecular complexity index is 3030. The zero-order valence-corrected chi connectivity index (χ0v) is 62.0. The van der Waals surface area contributed by atoms with Crippen molar-refractivity contribution >= 4 is 76.3 Å². The lowest BCUT2D eigenvalue weighted by molar-refractivity contribution is 0.00578. The number of nitrogens with zero attached hydrogens (tertiary/aromatic N) is 4. The number of fused-ring (bicyclic) bond motifs is 2. The molecule has 4 aromatic rings. The minimum absolute atomic E-state index is 0.0195. The number of aryl methyl sites for hydroxylation is 2. The highest BCUT2D eigenvalue weighted by atomic mass is 28.3. The van der Waals surface area contributed by atoms with Crippen molar-refractivity contribution in [1.82, 2.24) is 29.1 Å². The average molecular weight is 1250 g/mol. The second-order valence-electron chi connectivity index (χ2n) is 31.9. The molecule has 2 amide bonds. The van der Waals surface area contributed by atoms with Crippen molar-refractivity contribution in [2.45, 2.75) is 312 Å². The SMILES string of the molecule is C/C=C(\c1c(C)cnc2c1ccn2[Si](C(C)C)(C(C)C)C(C)C)C1CC(NC(=O)OC(C)(C)C)C1.CC1(C)OB(CB2OC(C)(C)C(C)(C)O2)OC1(C)C.Cc1cnc2c(ccn2[Si](C(C)C)(C(C)C)C(C)C)c1C(=O)C1CC(NC(=O)OC(C)(C)C)C1. The summed E-state index contributed by atoms with van der Waals surface area (Å²) in [4.78, 5) is 47.8. The number of alkyl carbamates (subject to hydrolysis) is 2. The Morgan fingerprint density at radius 1 is 0.568 bits per heavy atom. The molecule has 6 heterocycles. The molecule has 2 aliphatic carbocycles. The molecule has 0 spiro atoms. The summed E-state index contributed by atoms with van der Waals surface area (Å²) in [6.07, 6.45) is 13.7. The first-order chi connectivity index (χ1) is 40.3. The number of ether oxygens (including phenoxy) is 2. The van der Waals surface area contributed by atoms with Gasteiger partial charge >= 0.3 is 26.4 Å². The Hall–Kier alpha value is -4.27. The Kier molecular flexibility index (Phi) is 22.1. The van der Waals surface area contributed by atoms with Gasteiger partial charge in [0.15, 0.2) is 22.3 Å². The summed E-state index contributed by atoms with van der Waals surface area (Å²) >= 11 is 0. The predicted octanol–water partition coefficient (Wildman–Crippen LogP) is 17.6. The number of carbonyl (C=O) groups excluding carboxylic acids is 3. The Morgan fingerprint density at radius 3 is 1.18 bits per heavy atom. The minimum atomic E-state index is -1.98. The van der Waals surface area contributed by atoms with Crippen LogP contribution in [0.4, 0.5) is 9.59 Å². The Labute approximate surface area is 533 Å². The molecule has 0 aromatic carbocycles. The number of ketones is 1. The molecule has 490 valence electrons. The lowest BCUT2D eigenvalue weighted by atomic mass is 9.64. The zero-order chi connectivity index (χ0) is 66.6. The van der Waals surface area contributed by atoms with E-state index in [0.29, 0.717) is 58.2 Å². The maximum Gasteiger partial charge on any atom is 0.455 e. The summed E-state index contributed by atoms with van der Waals surface area (Å²) in [6, 6.07) is 4.55. The number of nitrogens with one attached hydrogen (secondary N) is 2. The van der Waals surface area contributed by atoms with E-state index in [0.717, 1.165) is 40.6 Å². The van der Waals surface area contributed by atoms with Crippen LogP contribution in [0.5, 0.6) is 0 Å². The van der Waals surface area contributed by atoms with Crippen molar-refractivity contribution < 1.29 is 42.5 Å². The number of hydrogen-bond acceptors (Lipinski definition) is 11. The third-order valence-corrected chi connectivity index (χ3v) is 34.0. The third-order valence-electron chi connectivity index (χ3n) is 20.6. The van der Waals surface area contributed by atoms with Crippen LogP contribution in [-0.4, -0.2) is 113 Å². The van der Waals surface area contributed by atoms with E-state index in [4.69, 9.17) is 38.1 Å². The number of aromatic nitrogens is 4. The molecule has 0 unspecified atom stereocenters. The topological polar surface area (TPSA) is 166 Å². The van der Waals surface area contributed by atoms with E-state index in [1.165, 1.54) is 22.1 Å². The van der Waals surface area contributed by atoms with E-state index >= 15 is 0 Å². The summed E-state index contributed by atoms with van der Waals surface area (Å²) < 4.78 is 39.8. The summed E-state index contributed by atoms with van der Waals surface area (Å²) in [5.74, 6) is 0.501. The second-order valence-corrected chi connectivity index (χ2v) is 43.4. The van der Waals surface area contributed by atoms with Crippen molar-refractivity contribution in [2.24, 2.45) is 11.8 Å². The van der Waals surface area contributed by atoms with Gasteiger partial charge in [-0.05, 0) is 229 Å². The monoisotopic (exact) mass is 1250 g/mol. The van der Waals surface area contributed by atoms with E-state index in [9.17, 15) is 14.4 Å². The van der Waals surface area contributed by atoms with Crippen LogP contribution < -0.4 is 10.6 Å². The molecule has 2 N–H and O–H groups in total. The van der Waals surface area contributed by atoms with Crippen LogP contribution in [-0.2, 0) is 28.1 Å².